The van der Waals surface area contributed by atoms with Crippen LogP contribution in [0.4, 0.5) is 5.69 Å². The molecule has 36 heavy (non-hydrogen) atoms. The van der Waals surface area contributed by atoms with Crippen LogP contribution in [-0.2, 0) is 20.6 Å². The van der Waals surface area contributed by atoms with E-state index in [1.54, 1.807) is 0 Å². The van der Waals surface area contributed by atoms with Gasteiger partial charge in [-0.15, -0.1) is 0 Å². The number of aryl methyl sites for hydroxylation is 1. The van der Waals surface area contributed by atoms with E-state index in [2.05, 4.69) is 0 Å². The molecule has 0 bridgehead atoms. The van der Waals surface area contributed by atoms with Crippen molar-refractivity contribution in [1.82, 2.24) is 4.31 Å². The maximum Gasteiger partial charge on any atom is 0.308 e. The van der Waals surface area contributed by atoms with Crippen molar-refractivity contribution >= 4 is 33.4 Å². The van der Waals surface area contributed by atoms with E-state index in [-0.39, 0.29) is 22.4 Å². The van der Waals surface area contributed by atoms with Gasteiger partial charge in [-0.05, 0) is 36.6 Å². The molecule has 3 atom stereocenters. The number of carbonyl (C=O) groups is 1. The molecule has 4 rings (SSSR count). The molecule has 3 aromatic carbocycles. The second kappa shape index (κ2) is 10.8. The molecule has 1 fully saturated rings. The topological polar surface area (TPSA) is 118 Å². The lowest BCUT2D eigenvalue weighted by Gasteiger charge is -2.41. The lowest BCUT2D eigenvalue weighted by atomic mass is 9.90. The number of sulfonamides is 1. The van der Waals surface area contributed by atoms with E-state index in [0.29, 0.717) is 12.2 Å². The van der Waals surface area contributed by atoms with Crippen LogP contribution < -0.4 is 0 Å². The molecule has 188 valence electrons. The van der Waals surface area contributed by atoms with Gasteiger partial charge in [0.25, 0.3) is 5.69 Å². The molecule has 1 saturated heterocycles. The van der Waals surface area contributed by atoms with Crippen LogP contribution in [-0.4, -0.2) is 40.5 Å². The minimum atomic E-state index is -4.13. The Morgan fingerprint density at radius 2 is 1.69 bits per heavy atom. The summed E-state index contributed by atoms with van der Waals surface area (Å²) < 4.78 is 28.7. The molecular formula is C26H26N2O6S2. The van der Waals surface area contributed by atoms with Crippen LogP contribution in [0.1, 0.15) is 29.2 Å². The van der Waals surface area contributed by atoms with E-state index in [1.165, 1.54) is 28.2 Å². The predicted octanol–water partition coefficient (Wildman–Crippen LogP) is 5.04. The van der Waals surface area contributed by atoms with Crippen LogP contribution in [0, 0.1) is 23.0 Å². The number of nitrogens with zero attached hydrogens (tertiary/aromatic N) is 2. The molecular weight excluding hydrogens is 500 g/mol. The molecule has 0 unspecified atom stereocenters. The van der Waals surface area contributed by atoms with Gasteiger partial charge in [0, 0.05) is 29.7 Å². The smallest absolute Gasteiger partial charge is 0.308 e. The Morgan fingerprint density at radius 1 is 1.06 bits per heavy atom. The SMILES string of the molecule is Cc1ccc([C@@H]2C[C@@H](SCc3ccccc3)[C@H](C(=O)O)CN2S(=O)(=O)c2ccc([N+](=O)[O-])cc2)cc1. The van der Waals surface area contributed by atoms with Gasteiger partial charge >= 0.3 is 5.97 Å². The van der Waals surface area contributed by atoms with Crippen molar-refractivity contribution in [3.63, 3.8) is 0 Å². The van der Waals surface area contributed by atoms with Crippen LogP contribution in [0.25, 0.3) is 0 Å². The summed E-state index contributed by atoms with van der Waals surface area (Å²) in [6.45, 7) is 1.74. The van der Waals surface area contributed by atoms with Gasteiger partial charge < -0.3 is 5.11 Å². The number of non-ortho nitro benzene ring substituents is 1. The van der Waals surface area contributed by atoms with E-state index < -0.39 is 32.9 Å². The fourth-order valence-corrected chi connectivity index (χ4v) is 7.37. The Bertz CT molecular complexity index is 1330. The van der Waals surface area contributed by atoms with E-state index >= 15 is 0 Å². The number of piperidine rings is 1. The fourth-order valence-electron chi connectivity index (χ4n) is 4.37. The zero-order valence-corrected chi connectivity index (χ0v) is 21.2. The highest BCUT2D eigenvalue weighted by atomic mass is 32.2. The standard InChI is InChI=1S/C26H26N2O6S2/c1-18-7-9-20(10-8-18)24-15-25(35-17-19-5-3-2-4-6-19)23(26(29)30)16-27(24)36(33,34)22-13-11-21(12-14-22)28(31)32/h2-14,23-25H,15-17H2,1H3,(H,29,30)/t23-,24+,25-/m1/s1. The molecule has 8 nitrogen and oxygen atoms in total. The molecule has 0 aromatic heterocycles. The zero-order chi connectivity index (χ0) is 25.9. The number of rotatable bonds is 8. The van der Waals surface area contributed by atoms with Crippen LogP contribution in [0.15, 0.2) is 83.8 Å². The van der Waals surface area contributed by atoms with Crippen molar-refractivity contribution in [2.45, 2.75) is 35.3 Å². The summed E-state index contributed by atoms with van der Waals surface area (Å²) in [6.07, 6.45) is 0.323. The number of aliphatic carboxylic acids is 1. The molecule has 0 amide bonds. The van der Waals surface area contributed by atoms with E-state index in [0.717, 1.165) is 28.8 Å². The molecule has 0 spiro atoms. The van der Waals surface area contributed by atoms with Crippen LogP contribution in [0.2, 0.25) is 0 Å². The lowest BCUT2D eigenvalue weighted by Crippen LogP contribution is -2.49. The first-order chi connectivity index (χ1) is 17.2. The number of nitro benzene ring substituents is 1. The Balaban J connectivity index is 1.70. The summed E-state index contributed by atoms with van der Waals surface area (Å²) >= 11 is 1.52. The molecule has 1 aliphatic heterocycles. The van der Waals surface area contributed by atoms with Gasteiger partial charge in [0.1, 0.15) is 0 Å². The van der Waals surface area contributed by atoms with Gasteiger partial charge in [-0.2, -0.15) is 16.1 Å². The summed E-state index contributed by atoms with van der Waals surface area (Å²) in [6, 6.07) is 21.4. The highest BCUT2D eigenvalue weighted by Gasteiger charge is 2.45. The van der Waals surface area contributed by atoms with Gasteiger partial charge in [-0.25, -0.2) is 8.42 Å². The van der Waals surface area contributed by atoms with Gasteiger partial charge in [-0.1, -0.05) is 60.2 Å². The van der Waals surface area contributed by atoms with Crippen LogP contribution >= 0.6 is 11.8 Å². The molecule has 1 aliphatic rings. The quantitative estimate of drug-likeness (QED) is 0.323. The van der Waals surface area contributed by atoms with Crippen molar-refractivity contribution in [3.8, 4) is 0 Å². The van der Waals surface area contributed by atoms with E-state index in [4.69, 9.17) is 0 Å². The number of thioether (sulfide) groups is 1. The number of hydrogen-bond acceptors (Lipinski definition) is 6. The number of hydrogen-bond donors (Lipinski definition) is 1. The highest BCUT2D eigenvalue weighted by molar-refractivity contribution is 7.99. The number of carboxylic acid groups (broad SMARTS) is 1. The second-order valence-corrected chi connectivity index (χ2v) is 11.9. The van der Waals surface area contributed by atoms with Crippen LogP contribution in [0.5, 0.6) is 0 Å². The highest BCUT2D eigenvalue weighted by Crippen LogP contribution is 2.43. The summed E-state index contributed by atoms with van der Waals surface area (Å²) in [5.74, 6) is -1.34. The van der Waals surface area contributed by atoms with E-state index in [1.807, 2.05) is 61.5 Å². The number of carboxylic acids is 1. The molecule has 1 N–H and O–H groups in total. The van der Waals surface area contributed by atoms with Gasteiger partial charge in [0.05, 0.1) is 21.8 Å². The fraction of sp³-hybridized carbons (Fsp3) is 0.269. The summed E-state index contributed by atoms with van der Waals surface area (Å²) in [5.41, 5.74) is 2.65. The first-order valence-corrected chi connectivity index (χ1v) is 13.9. The summed E-state index contributed by atoms with van der Waals surface area (Å²) in [7, 11) is -4.13. The van der Waals surface area contributed by atoms with Crippen LogP contribution in [0.3, 0.4) is 0 Å². The summed E-state index contributed by atoms with van der Waals surface area (Å²) in [4.78, 5) is 22.6. The Morgan fingerprint density at radius 3 is 2.28 bits per heavy atom. The lowest BCUT2D eigenvalue weighted by molar-refractivity contribution is -0.384. The number of nitro groups is 1. The Kier molecular flexibility index (Phi) is 7.77. The molecule has 1 heterocycles. The Labute approximate surface area is 214 Å². The van der Waals surface area contributed by atoms with Crippen molar-refractivity contribution in [1.29, 1.82) is 0 Å². The third-order valence-electron chi connectivity index (χ3n) is 6.37. The molecule has 0 saturated carbocycles. The summed E-state index contributed by atoms with van der Waals surface area (Å²) in [5, 5.41) is 20.8. The minimum Gasteiger partial charge on any atom is -0.481 e. The molecule has 3 aromatic rings. The normalized spacial score (nSPS) is 20.6. The average Bonchev–Trinajstić information content (AvgIpc) is 2.88. The molecule has 10 heteroatoms. The third-order valence-corrected chi connectivity index (χ3v) is 9.71. The zero-order valence-electron chi connectivity index (χ0n) is 19.6. The second-order valence-electron chi connectivity index (χ2n) is 8.77. The number of benzene rings is 3. The van der Waals surface area contributed by atoms with Gasteiger partial charge in [0.2, 0.25) is 10.0 Å². The molecule has 0 radical (unpaired) electrons. The van der Waals surface area contributed by atoms with Crippen molar-refractivity contribution in [2.75, 3.05) is 6.54 Å². The maximum atomic E-state index is 13.7. The average molecular weight is 527 g/mol. The minimum absolute atomic E-state index is 0.107. The third kappa shape index (κ3) is 5.61. The largest absolute Gasteiger partial charge is 0.481 e. The first kappa shape index (κ1) is 25.9. The molecule has 0 aliphatic carbocycles. The van der Waals surface area contributed by atoms with Gasteiger partial charge in [0.15, 0.2) is 0 Å². The van der Waals surface area contributed by atoms with Crippen molar-refractivity contribution < 1.29 is 23.2 Å². The maximum absolute atomic E-state index is 13.7. The van der Waals surface area contributed by atoms with Gasteiger partial charge in [-0.3, -0.25) is 14.9 Å². The predicted molar refractivity (Wildman–Crippen MR) is 138 cm³/mol. The van der Waals surface area contributed by atoms with Crippen molar-refractivity contribution in [3.05, 3.63) is 106 Å². The van der Waals surface area contributed by atoms with E-state index in [9.17, 15) is 28.4 Å². The monoisotopic (exact) mass is 526 g/mol. The first-order valence-electron chi connectivity index (χ1n) is 11.4. The Hall–Kier alpha value is -3.21. The van der Waals surface area contributed by atoms with Crippen molar-refractivity contribution in [2.24, 2.45) is 5.92 Å².